The van der Waals surface area contributed by atoms with Crippen molar-refractivity contribution < 1.29 is 4.39 Å². The topological polar surface area (TPSA) is 12.0 Å². The Hall–Kier alpha value is -1.33. The van der Waals surface area contributed by atoms with Crippen LogP contribution in [0.3, 0.4) is 0 Å². The van der Waals surface area contributed by atoms with Crippen LogP contribution >= 0.6 is 0 Å². The van der Waals surface area contributed by atoms with Crippen LogP contribution in [0.5, 0.6) is 0 Å². The first-order valence-corrected chi connectivity index (χ1v) is 5.14. The van der Waals surface area contributed by atoms with E-state index in [1.807, 2.05) is 13.8 Å². The lowest BCUT2D eigenvalue weighted by molar-refractivity contribution is 0.562. The lowest BCUT2D eigenvalue weighted by atomic mass is 10.0. The first kappa shape index (κ1) is 11.7. The predicted octanol–water partition coefficient (Wildman–Crippen LogP) is 2.81. The number of benzene rings is 1. The average Bonchev–Trinajstić information content (AvgIpc) is 2.24. The van der Waals surface area contributed by atoms with Gasteiger partial charge in [-0.1, -0.05) is 30.5 Å². The van der Waals surface area contributed by atoms with Crippen LogP contribution in [0.2, 0.25) is 0 Å². The molecule has 0 bridgehead atoms. The molecule has 0 saturated carbocycles. The van der Waals surface area contributed by atoms with E-state index >= 15 is 0 Å². The van der Waals surface area contributed by atoms with E-state index < -0.39 is 0 Å². The molecule has 1 atom stereocenters. The van der Waals surface area contributed by atoms with Crippen LogP contribution in [0, 0.1) is 25.1 Å². The highest BCUT2D eigenvalue weighted by atomic mass is 19.1. The number of terminal acetylenes is 1. The SMILES string of the molecule is C#CC(NCCC)c1cc(C)ccc1F. The highest BCUT2D eigenvalue weighted by Gasteiger charge is 2.12. The minimum absolute atomic E-state index is 0.243. The highest BCUT2D eigenvalue weighted by molar-refractivity contribution is 5.31. The van der Waals surface area contributed by atoms with E-state index in [0.29, 0.717) is 5.56 Å². The molecule has 1 nitrogen and oxygen atoms in total. The standard InChI is InChI=1S/C13H16FN/c1-4-8-15-13(5-2)11-9-10(3)6-7-12(11)14/h2,6-7,9,13,15H,4,8H2,1,3H3. The molecule has 0 radical (unpaired) electrons. The second-order valence-corrected chi connectivity index (χ2v) is 3.58. The van der Waals surface area contributed by atoms with Gasteiger partial charge in [0.05, 0.1) is 6.04 Å². The van der Waals surface area contributed by atoms with Crippen molar-refractivity contribution >= 4 is 0 Å². The predicted molar refractivity (Wildman–Crippen MR) is 61.0 cm³/mol. The minimum Gasteiger partial charge on any atom is -0.300 e. The van der Waals surface area contributed by atoms with Crippen molar-refractivity contribution in [3.05, 3.63) is 35.1 Å². The fraction of sp³-hybridized carbons (Fsp3) is 0.385. The van der Waals surface area contributed by atoms with E-state index in [9.17, 15) is 4.39 Å². The summed E-state index contributed by atoms with van der Waals surface area (Å²) >= 11 is 0. The maximum atomic E-state index is 13.5. The fourth-order valence-corrected chi connectivity index (χ4v) is 1.43. The number of aryl methyl sites for hydroxylation is 1. The van der Waals surface area contributed by atoms with Gasteiger partial charge >= 0.3 is 0 Å². The van der Waals surface area contributed by atoms with Crippen molar-refractivity contribution in [3.8, 4) is 12.3 Å². The minimum atomic E-state index is -0.329. The summed E-state index contributed by atoms with van der Waals surface area (Å²) in [4.78, 5) is 0. The molecule has 0 aliphatic carbocycles. The van der Waals surface area contributed by atoms with E-state index in [4.69, 9.17) is 6.42 Å². The maximum Gasteiger partial charge on any atom is 0.128 e. The Balaban J connectivity index is 2.91. The second-order valence-electron chi connectivity index (χ2n) is 3.58. The second kappa shape index (κ2) is 5.53. The van der Waals surface area contributed by atoms with Gasteiger partial charge in [0.15, 0.2) is 0 Å². The molecule has 1 unspecified atom stereocenters. The van der Waals surface area contributed by atoms with Gasteiger partial charge in [0.2, 0.25) is 0 Å². The molecule has 0 aliphatic heterocycles. The molecule has 0 amide bonds. The molecule has 1 rings (SSSR count). The molecule has 0 fully saturated rings. The number of hydrogen-bond acceptors (Lipinski definition) is 1. The summed E-state index contributed by atoms with van der Waals surface area (Å²) in [7, 11) is 0. The van der Waals surface area contributed by atoms with Gasteiger partial charge in [0.25, 0.3) is 0 Å². The number of halogens is 1. The van der Waals surface area contributed by atoms with Gasteiger partial charge in [0.1, 0.15) is 5.82 Å². The van der Waals surface area contributed by atoms with Gasteiger partial charge in [-0.25, -0.2) is 4.39 Å². The quantitative estimate of drug-likeness (QED) is 0.745. The fourth-order valence-electron chi connectivity index (χ4n) is 1.43. The summed E-state index contributed by atoms with van der Waals surface area (Å²) in [6.07, 6.45) is 6.36. The largest absolute Gasteiger partial charge is 0.300 e. The molecule has 0 aromatic heterocycles. The van der Waals surface area contributed by atoms with Crippen molar-refractivity contribution in [2.45, 2.75) is 26.3 Å². The molecule has 1 aromatic carbocycles. The number of nitrogens with one attached hydrogen (secondary N) is 1. The van der Waals surface area contributed by atoms with Crippen molar-refractivity contribution in [1.82, 2.24) is 5.32 Å². The van der Waals surface area contributed by atoms with Crippen LogP contribution in [-0.2, 0) is 0 Å². The average molecular weight is 205 g/mol. The summed E-state index contributed by atoms with van der Waals surface area (Å²) in [5.41, 5.74) is 1.58. The molecular formula is C13H16FN. The summed E-state index contributed by atoms with van der Waals surface area (Å²) in [6.45, 7) is 4.77. The lowest BCUT2D eigenvalue weighted by Gasteiger charge is -2.14. The van der Waals surface area contributed by atoms with E-state index in [-0.39, 0.29) is 11.9 Å². The Bertz CT molecular complexity index is 365. The molecule has 0 heterocycles. The van der Waals surface area contributed by atoms with Crippen LogP contribution in [0.15, 0.2) is 18.2 Å². The van der Waals surface area contributed by atoms with Crippen LogP contribution < -0.4 is 5.32 Å². The van der Waals surface area contributed by atoms with Crippen molar-refractivity contribution in [3.63, 3.8) is 0 Å². The van der Waals surface area contributed by atoms with Crippen LogP contribution in [0.1, 0.15) is 30.5 Å². The Morgan fingerprint density at radius 3 is 2.87 bits per heavy atom. The van der Waals surface area contributed by atoms with E-state index in [1.165, 1.54) is 6.07 Å². The first-order valence-electron chi connectivity index (χ1n) is 5.14. The van der Waals surface area contributed by atoms with Gasteiger partial charge in [-0.3, -0.25) is 5.32 Å². The van der Waals surface area contributed by atoms with E-state index in [1.54, 1.807) is 12.1 Å². The Morgan fingerprint density at radius 2 is 2.27 bits per heavy atom. The summed E-state index contributed by atoms with van der Waals surface area (Å²) in [5, 5.41) is 3.13. The lowest BCUT2D eigenvalue weighted by Crippen LogP contribution is -2.21. The Kier molecular flexibility index (Phi) is 4.33. The third-order valence-corrected chi connectivity index (χ3v) is 2.23. The van der Waals surface area contributed by atoms with Gasteiger partial charge in [0, 0.05) is 5.56 Å². The summed E-state index contributed by atoms with van der Waals surface area (Å²) in [6, 6.07) is 4.67. The Morgan fingerprint density at radius 1 is 1.53 bits per heavy atom. The zero-order valence-corrected chi connectivity index (χ0v) is 9.18. The zero-order chi connectivity index (χ0) is 11.3. The summed E-state index contributed by atoms with van der Waals surface area (Å²) < 4.78 is 13.5. The van der Waals surface area contributed by atoms with E-state index in [0.717, 1.165) is 18.5 Å². The monoisotopic (exact) mass is 205 g/mol. The zero-order valence-electron chi connectivity index (χ0n) is 9.18. The molecule has 2 heteroatoms. The maximum absolute atomic E-state index is 13.5. The van der Waals surface area contributed by atoms with Crippen molar-refractivity contribution in [2.75, 3.05) is 6.54 Å². The van der Waals surface area contributed by atoms with Gasteiger partial charge in [-0.2, -0.15) is 0 Å². The third kappa shape index (κ3) is 3.07. The Labute approximate surface area is 90.7 Å². The van der Waals surface area contributed by atoms with Crippen LogP contribution in [0.25, 0.3) is 0 Å². The van der Waals surface area contributed by atoms with Crippen LogP contribution in [0.4, 0.5) is 4.39 Å². The normalized spacial score (nSPS) is 12.1. The molecule has 0 saturated heterocycles. The van der Waals surface area contributed by atoms with E-state index in [2.05, 4.69) is 11.2 Å². The molecule has 15 heavy (non-hydrogen) atoms. The number of hydrogen-bond donors (Lipinski definition) is 1. The first-order chi connectivity index (χ1) is 7.19. The van der Waals surface area contributed by atoms with Crippen molar-refractivity contribution in [2.24, 2.45) is 0 Å². The molecule has 1 aromatic rings. The molecule has 1 N–H and O–H groups in total. The van der Waals surface area contributed by atoms with Gasteiger partial charge in [-0.05, 0) is 26.0 Å². The third-order valence-electron chi connectivity index (χ3n) is 2.23. The smallest absolute Gasteiger partial charge is 0.128 e. The molecule has 80 valence electrons. The number of rotatable bonds is 4. The molecule has 0 spiro atoms. The molecular weight excluding hydrogens is 189 g/mol. The van der Waals surface area contributed by atoms with Gasteiger partial charge < -0.3 is 0 Å². The summed E-state index contributed by atoms with van der Waals surface area (Å²) in [5.74, 6) is 2.33. The van der Waals surface area contributed by atoms with Crippen molar-refractivity contribution in [1.29, 1.82) is 0 Å². The van der Waals surface area contributed by atoms with Crippen LogP contribution in [-0.4, -0.2) is 6.54 Å². The molecule has 0 aliphatic rings. The highest BCUT2D eigenvalue weighted by Crippen LogP contribution is 2.17. The van der Waals surface area contributed by atoms with Gasteiger partial charge in [-0.15, -0.1) is 6.42 Å².